The molecule has 1 fully saturated rings. The summed E-state index contributed by atoms with van der Waals surface area (Å²) in [5.41, 5.74) is 8.29. The molecule has 1 heterocycles. The Morgan fingerprint density at radius 2 is 2.04 bits per heavy atom. The van der Waals surface area contributed by atoms with Crippen LogP contribution in [-0.4, -0.2) is 37.2 Å². The first-order valence-electron chi connectivity index (χ1n) is 9.48. The minimum Gasteiger partial charge on any atom is -0.497 e. The molecule has 1 saturated heterocycles. The maximum Gasteiger partial charge on any atom is 0.224 e. The molecule has 152 valence electrons. The topological polar surface area (TPSA) is 64.8 Å². The third-order valence-electron chi connectivity index (χ3n) is 4.93. The van der Waals surface area contributed by atoms with Gasteiger partial charge in [0.15, 0.2) is 0 Å². The summed E-state index contributed by atoms with van der Waals surface area (Å²) in [5, 5.41) is 0. The van der Waals surface area contributed by atoms with Gasteiger partial charge in [-0.2, -0.15) is 0 Å². The van der Waals surface area contributed by atoms with Gasteiger partial charge >= 0.3 is 0 Å². The summed E-state index contributed by atoms with van der Waals surface area (Å²) < 4.78 is 11.1. The first-order valence-corrected chi connectivity index (χ1v) is 9.48. The molecule has 1 aliphatic rings. The number of nitrogens with zero attached hydrogens (tertiary/aromatic N) is 1. The van der Waals surface area contributed by atoms with E-state index in [2.05, 4.69) is 0 Å². The summed E-state index contributed by atoms with van der Waals surface area (Å²) in [4.78, 5) is 14.9. The fourth-order valence-corrected chi connectivity index (χ4v) is 3.42. The van der Waals surface area contributed by atoms with Gasteiger partial charge in [0.1, 0.15) is 5.75 Å². The van der Waals surface area contributed by atoms with Crippen LogP contribution < -0.4 is 10.5 Å². The molecule has 2 unspecified atom stereocenters. The molecule has 0 spiro atoms. The van der Waals surface area contributed by atoms with Crippen LogP contribution in [0.25, 0.3) is 0 Å². The van der Waals surface area contributed by atoms with Crippen LogP contribution in [0.4, 0.5) is 0 Å². The van der Waals surface area contributed by atoms with Crippen LogP contribution in [-0.2, 0) is 16.1 Å². The molecule has 2 N–H and O–H groups in total. The number of carbonyl (C=O) groups excluding carboxylic acids is 1. The molecule has 0 radical (unpaired) electrons. The zero-order chi connectivity index (χ0) is 19.1. The molecule has 0 aliphatic carbocycles. The third-order valence-corrected chi connectivity index (χ3v) is 4.93. The van der Waals surface area contributed by atoms with Crippen molar-refractivity contribution >= 4 is 18.3 Å². The molecule has 3 rings (SSSR count). The van der Waals surface area contributed by atoms with Crippen molar-refractivity contribution in [1.29, 1.82) is 0 Å². The van der Waals surface area contributed by atoms with E-state index in [1.54, 1.807) is 7.11 Å². The van der Waals surface area contributed by atoms with Gasteiger partial charge in [0.25, 0.3) is 0 Å². The molecule has 5 nitrogen and oxygen atoms in total. The monoisotopic (exact) mass is 404 g/mol. The number of benzene rings is 2. The molecule has 0 saturated carbocycles. The van der Waals surface area contributed by atoms with Crippen LogP contribution in [0, 0.1) is 0 Å². The zero-order valence-electron chi connectivity index (χ0n) is 16.3. The van der Waals surface area contributed by atoms with E-state index in [-0.39, 0.29) is 36.9 Å². The van der Waals surface area contributed by atoms with Crippen LogP contribution >= 0.6 is 12.4 Å². The maximum absolute atomic E-state index is 13.0. The van der Waals surface area contributed by atoms with E-state index in [1.165, 1.54) is 0 Å². The number of hydrogen-bond donors (Lipinski definition) is 1. The Morgan fingerprint density at radius 1 is 1.25 bits per heavy atom. The van der Waals surface area contributed by atoms with Crippen molar-refractivity contribution in [2.24, 2.45) is 5.73 Å². The summed E-state index contributed by atoms with van der Waals surface area (Å²) >= 11 is 0. The molecule has 2 atom stereocenters. The largest absolute Gasteiger partial charge is 0.497 e. The summed E-state index contributed by atoms with van der Waals surface area (Å²) in [7, 11) is 1.65. The molecular weight excluding hydrogens is 376 g/mol. The Kier molecular flexibility index (Phi) is 8.77. The fourth-order valence-electron chi connectivity index (χ4n) is 3.42. The van der Waals surface area contributed by atoms with Crippen molar-refractivity contribution in [3.63, 3.8) is 0 Å². The normalized spacial score (nSPS) is 16.9. The van der Waals surface area contributed by atoms with E-state index in [1.807, 2.05) is 59.5 Å². The van der Waals surface area contributed by atoms with Gasteiger partial charge in [0, 0.05) is 32.2 Å². The lowest BCUT2D eigenvalue weighted by Crippen LogP contribution is -2.38. The van der Waals surface area contributed by atoms with Gasteiger partial charge in [-0.05, 0) is 36.1 Å². The molecule has 1 amide bonds. The molecular formula is C22H29ClN2O3. The summed E-state index contributed by atoms with van der Waals surface area (Å²) in [6, 6.07) is 17.3. The Hall–Kier alpha value is -2.08. The number of hydrogen-bond acceptors (Lipinski definition) is 4. The Bertz CT molecular complexity index is 736. The Labute approximate surface area is 173 Å². The van der Waals surface area contributed by atoms with Crippen LogP contribution in [0.2, 0.25) is 0 Å². The van der Waals surface area contributed by atoms with Gasteiger partial charge in [-0.1, -0.05) is 42.5 Å². The van der Waals surface area contributed by atoms with Crippen LogP contribution in [0.15, 0.2) is 54.6 Å². The Balaban J connectivity index is 0.00000280. The van der Waals surface area contributed by atoms with E-state index in [9.17, 15) is 4.79 Å². The highest BCUT2D eigenvalue weighted by molar-refractivity contribution is 5.85. The van der Waals surface area contributed by atoms with Crippen molar-refractivity contribution in [2.75, 3.05) is 20.3 Å². The van der Waals surface area contributed by atoms with E-state index in [4.69, 9.17) is 15.2 Å². The minimum atomic E-state index is -0.309. The molecule has 6 heteroatoms. The first kappa shape index (κ1) is 22.2. The van der Waals surface area contributed by atoms with E-state index >= 15 is 0 Å². The average molecular weight is 405 g/mol. The standard InChI is InChI=1S/C22H28N2O3.ClH/c1-26-19-10-5-7-17(13-19)15-24(16-20-11-6-12-27-20)22(25)14-21(23)18-8-3-2-4-9-18;/h2-5,7-10,13,20-21H,6,11-12,14-16,23H2,1H3;1H. The second-order valence-corrected chi connectivity index (χ2v) is 6.98. The quantitative estimate of drug-likeness (QED) is 0.728. The first-order chi connectivity index (χ1) is 13.2. The summed E-state index contributed by atoms with van der Waals surface area (Å²) in [5.74, 6) is 0.836. The summed E-state index contributed by atoms with van der Waals surface area (Å²) in [6.45, 7) is 1.89. The van der Waals surface area contributed by atoms with Gasteiger partial charge < -0.3 is 20.1 Å². The van der Waals surface area contributed by atoms with Crippen molar-refractivity contribution in [3.8, 4) is 5.75 Å². The number of rotatable bonds is 8. The predicted molar refractivity (Wildman–Crippen MR) is 113 cm³/mol. The number of carbonyl (C=O) groups is 1. The van der Waals surface area contributed by atoms with Gasteiger partial charge in [-0.25, -0.2) is 0 Å². The smallest absolute Gasteiger partial charge is 0.224 e. The summed E-state index contributed by atoms with van der Waals surface area (Å²) in [6.07, 6.45) is 2.43. The zero-order valence-corrected chi connectivity index (χ0v) is 17.1. The number of nitrogens with two attached hydrogens (primary N) is 1. The SMILES string of the molecule is COc1cccc(CN(CC2CCCO2)C(=O)CC(N)c2ccccc2)c1.Cl. The van der Waals surface area contributed by atoms with Crippen LogP contribution in [0.5, 0.6) is 5.75 Å². The van der Waals surface area contributed by atoms with Crippen molar-refractivity contribution < 1.29 is 14.3 Å². The van der Waals surface area contributed by atoms with Crippen LogP contribution in [0.3, 0.4) is 0 Å². The number of halogens is 1. The Morgan fingerprint density at radius 3 is 2.71 bits per heavy atom. The van der Waals surface area contributed by atoms with E-state index in [0.717, 1.165) is 36.3 Å². The van der Waals surface area contributed by atoms with Crippen molar-refractivity contribution in [1.82, 2.24) is 4.90 Å². The van der Waals surface area contributed by atoms with Gasteiger partial charge in [-0.15, -0.1) is 12.4 Å². The number of methoxy groups -OCH3 is 1. The highest BCUT2D eigenvalue weighted by Gasteiger charge is 2.24. The maximum atomic E-state index is 13.0. The highest BCUT2D eigenvalue weighted by Crippen LogP contribution is 2.21. The predicted octanol–water partition coefficient (Wildman–Crippen LogP) is 3.71. The number of ether oxygens (including phenoxy) is 2. The van der Waals surface area contributed by atoms with E-state index < -0.39 is 0 Å². The second-order valence-electron chi connectivity index (χ2n) is 6.98. The average Bonchev–Trinajstić information content (AvgIpc) is 3.21. The van der Waals surface area contributed by atoms with E-state index in [0.29, 0.717) is 13.1 Å². The van der Waals surface area contributed by atoms with Gasteiger partial charge in [-0.3, -0.25) is 4.79 Å². The molecule has 2 aromatic carbocycles. The molecule has 0 bridgehead atoms. The van der Waals surface area contributed by atoms with Gasteiger partial charge in [0.2, 0.25) is 5.91 Å². The third kappa shape index (κ3) is 6.23. The minimum absolute atomic E-state index is 0. The second kappa shape index (κ2) is 11.1. The molecule has 0 aromatic heterocycles. The number of amides is 1. The molecule has 28 heavy (non-hydrogen) atoms. The lowest BCUT2D eigenvalue weighted by Gasteiger charge is -2.27. The van der Waals surface area contributed by atoms with Crippen molar-refractivity contribution in [2.45, 2.75) is 38.0 Å². The molecule has 2 aromatic rings. The fraction of sp³-hybridized carbons (Fsp3) is 0.409. The highest BCUT2D eigenvalue weighted by atomic mass is 35.5. The van der Waals surface area contributed by atoms with Crippen LogP contribution in [0.1, 0.15) is 36.4 Å². The van der Waals surface area contributed by atoms with Gasteiger partial charge in [0.05, 0.1) is 13.2 Å². The lowest BCUT2D eigenvalue weighted by molar-refractivity contribution is -0.133. The molecule has 1 aliphatic heterocycles. The van der Waals surface area contributed by atoms with Crippen molar-refractivity contribution in [3.05, 3.63) is 65.7 Å². The lowest BCUT2D eigenvalue weighted by atomic mass is 10.0.